The fourth-order valence-corrected chi connectivity index (χ4v) is 4.80. The lowest BCUT2D eigenvalue weighted by molar-refractivity contribution is -0.116. The zero-order valence-corrected chi connectivity index (χ0v) is 16.0. The van der Waals surface area contributed by atoms with Crippen molar-refractivity contribution in [2.75, 3.05) is 23.3 Å². The minimum Gasteiger partial charge on any atom is -0.325 e. The lowest BCUT2D eigenvalue weighted by Gasteiger charge is -2.23. The van der Waals surface area contributed by atoms with E-state index in [-0.39, 0.29) is 11.9 Å². The average molecular weight is 370 g/mol. The van der Waals surface area contributed by atoms with Crippen LogP contribution in [-0.4, -0.2) is 41.0 Å². The van der Waals surface area contributed by atoms with Crippen LogP contribution in [0.15, 0.2) is 18.3 Å². The van der Waals surface area contributed by atoms with Gasteiger partial charge in [-0.3, -0.25) is 9.69 Å². The second kappa shape index (κ2) is 8.28. The number of carbonyl (C=O) groups is 2. The number of hydrogen-bond acceptors (Lipinski definition) is 3. The van der Waals surface area contributed by atoms with Crippen molar-refractivity contribution in [1.82, 2.24) is 9.88 Å². The van der Waals surface area contributed by atoms with E-state index in [4.69, 9.17) is 0 Å². The number of hydrogen-bond donors (Lipinski definition) is 1. The van der Waals surface area contributed by atoms with Crippen LogP contribution < -0.4 is 10.2 Å². The summed E-state index contributed by atoms with van der Waals surface area (Å²) in [6.45, 7) is 1.47. The van der Waals surface area contributed by atoms with E-state index in [1.54, 1.807) is 11.1 Å². The van der Waals surface area contributed by atoms with E-state index >= 15 is 0 Å². The van der Waals surface area contributed by atoms with Crippen molar-refractivity contribution in [3.8, 4) is 0 Å². The first-order valence-electron chi connectivity index (χ1n) is 10.5. The topological polar surface area (TPSA) is 65.5 Å². The van der Waals surface area contributed by atoms with Crippen LogP contribution in [0.25, 0.3) is 0 Å². The third-order valence-electron chi connectivity index (χ3n) is 6.37. The summed E-state index contributed by atoms with van der Waals surface area (Å²) in [7, 11) is 0. The van der Waals surface area contributed by atoms with Gasteiger partial charge in [-0.25, -0.2) is 9.78 Å². The Bertz CT molecular complexity index is 663. The van der Waals surface area contributed by atoms with Gasteiger partial charge in [0, 0.05) is 25.6 Å². The van der Waals surface area contributed by atoms with Crippen molar-refractivity contribution in [2.24, 2.45) is 5.92 Å². The summed E-state index contributed by atoms with van der Waals surface area (Å²) in [5.74, 6) is 1.45. The fourth-order valence-electron chi connectivity index (χ4n) is 4.80. The number of nitrogens with one attached hydrogen (secondary N) is 1. The van der Waals surface area contributed by atoms with Crippen LogP contribution in [0.5, 0.6) is 0 Å². The highest BCUT2D eigenvalue weighted by atomic mass is 16.2. The third-order valence-corrected chi connectivity index (χ3v) is 6.37. The molecule has 0 bridgehead atoms. The van der Waals surface area contributed by atoms with Crippen molar-refractivity contribution >= 4 is 23.4 Å². The molecule has 2 aliphatic carbocycles. The molecule has 1 aromatic rings. The van der Waals surface area contributed by atoms with Crippen LogP contribution in [0.4, 0.5) is 16.3 Å². The maximum Gasteiger partial charge on any atom is 0.326 e. The normalized spacial score (nSPS) is 21.4. The number of pyridine rings is 1. The van der Waals surface area contributed by atoms with E-state index in [9.17, 15) is 9.59 Å². The van der Waals surface area contributed by atoms with Gasteiger partial charge in [-0.05, 0) is 37.3 Å². The molecule has 1 saturated heterocycles. The van der Waals surface area contributed by atoms with E-state index in [1.807, 2.05) is 17.0 Å². The molecule has 3 amide bonds. The molecular formula is C21H30N4O2. The molecule has 6 nitrogen and oxygen atoms in total. The van der Waals surface area contributed by atoms with Crippen LogP contribution in [0.1, 0.15) is 64.2 Å². The fraction of sp³-hybridized carbons (Fsp3) is 0.667. The summed E-state index contributed by atoms with van der Waals surface area (Å²) in [5, 5.41) is 2.93. The van der Waals surface area contributed by atoms with E-state index in [1.165, 1.54) is 38.5 Å². The summed E-state index contributed by atoms with van der Waals surface area (Å²) < 4.78 is 0. The summed E-state index contributed by atoms with van der Waals surface area (Å²) in [4.78, 5) is 33.0. The smallest absolute Gasteiger partial charge is 0.325 e. The number of aromatic nitrogens is 1. The molecule has 1 aliphatic heterocycles. The maximum absolute atomic E-state index is 12.7. The van der Waals surface area contributed by atoms with Crippen molar-refractivity contribution in [2.45, 2.75) is 70.3 Å². The monoisotopic (exact) mass is 370 g/mol. The summed E-state index contributed by atoms with van der Waals surface area (Å²) in [6.07, 6.45) is 13.1. The van der Waals surface area contributed by atoms with E-state index < -0.39 is 0 Å². The van der Waals surface area contributed by atoms with Gasteiger partial charge in [0.15, 0.2) is 0 Å². The lowest BCUT2D eigenvalue weighted by atomic mass is 10.0. The first-order chi connectivity index (χ1) is 13.2. The van der Waals surface area contributed by atoms with Crippen LogP contribution >= 0.6 is 0 Å². The van der Waals surface area contributed by atoms with Crippen molar-refractivity contribution < 1.29 is 9.59 Å². The predicted octanol–water partition coefficient (Wildman–Crippen LogP) is 4.18. The van der Waals surface area contributed by atoms with Crippen molar-refractivity contribution in [3.05, 3.63) is 18.3 Å². The number of urea groups is 1. The number of rotatable bonds is 6. The molecule has 0 unspecified atom stereocenters. The van der Waals surface area contributed by atoms with Crippen molar-refractivity contribution in [3.63, 3.8) is 0 Å². The average Bonchev–Trinajstić information content (AvgIpc) is 3.43. The standard InChI is InChI=1S/C21H30N4O2/c26-20(12-9-16-5-1-2-6-16)23-17-10-11-19(22-15-17)25-14-13-24(21(25)27)18-7-3-4-8-18/h10-11,15-16,18H,1-9,12-14H2,(H,23,26). The molecule has 146 valence electrons. The minimum atomic E-state index is 0.0566. The van der Waals surface area contributed by atoms with Crippen LogP contribution in [0.2, 0.25) is 0 Å². The summed E-state index contributed by atoms with van der Waals surface area (Å²) >= 11 is 0. The third kappa shape index (κ3) is 4.25. The Labute approximate surface area is 161 Å². The molecule has 3 aliphatic rings. The zero-order chi connectivity index (χ0) is 18.6. The summed E-state index contributed by atoms with van der Waals surface area (Å²) in [6, 6.07) is 4.16. The first kappa shape index (κ1) is 18.3. The molecule has 4 rings (SSSR count). The Hall–Kier alpha value is -2.11. The molecule has 3 fully saturated rings. The Morgan fingerprint density at radius 2 is 1.81 bits per heavy atom. The van der Waals surface area contributed by atoms with Crippen LogP contribution in [0.3, 0.4) is 0 Å². The molecule has 0 radical (unpaired) electrons. The Kier molecular flexibility index (Phi) is 5.60. The zero-order valence-electron chi connectivity index (χ0n) is 16.0. The molecular weight excluding hydrogens is 340 g/mol. The highest BCUT2D eigenvalue weighted by molar-refractivity contribution is 5.94. The van der Waals surface area contributed by atoms with Crippen LogP contribution in [-0.2, 0) is 4.79 Å². The highest BCUT2D eigenvalue weighted by Crippen LogP contribution is 2.29. The molecule has 1 N–H and O–H groups in total. The van der Waals surface area contributed by atoms with Gasteiger partial charge < -0.3 is 10.2 Å². The predicted molar refractivity (Wildman–Crippen MR) is 106 cm³/mol. The first-order valence-corrected chi connectivity index (χ1v) is 10.5. The Morgan fingerprint density at radius 1 is 1.07 bits per heavy atom. The Balaban J connectivity index is 1.29. The number of amides is 3. The quantitative estimate of drug-likeness (QED) is 0.817. The number of carbonyl (C=O) groups excluding carboxylic acids is 2. The van der Waals surface area contributed by atoms with Crippen LogP contribution in [0, 0.1) is 5.92 Å². The van der Waals surface area contributed by atoms with E-state index in [2.05, 4.69) is 10.3 Å². The molecule has 6 heteroatoms. The lowest BCUT2D eigenvalue weighted by Crippen LogP contribution is -2.38. The number of anilines is 2. The molecule has 0 aromatic carbocycles. The largest absolute Gasteiger partial charge is 0.326 e. The highest BCUT2D eigenvalue weighted by Gasteiger charge is 2.36. The molecule has 0 spiro atoms. The second-order valence-electron chi connectivity index (χ2n) is 8.21. The van der Waals surface area contributed by atoms with Gasteiger partial charge in [-0.1, -0.05) is 38.5 Å². The van der Waals surface area contributed by atoms with Gasteiger partial charge in [0.2, 0.25) is 5.91 Å². The molecule has 27 heavy (non-hydrogen) atoms. The second-order valence-corrected chi connectivity index (χ2v) is 8.21. The SMILES string of the molecule is O=C(CCC1CCCC1)Nc1ccc(N2CCN(C3CCCC3)C2=O)nc1. The van der Waals surface area contributed by atoms with Crippen molar-refractivity contribution in [1.29, 1.82) is 0 Å². The van der Waals surface area contributed by atoms with Gasteiger partial charge in [0.1, 0.15) is 5.82 Å². The summed E-state index contributed by atoms with van der Waals surface area (Å²) in [5.41, 5.74) is 0.703. The van der Waals surface area contributed by atoms with Gasteiger partial charge in [0.25, 0.3) is 0 Å². The van der Waals surface area contributed by atoms with E-state index in [0.29, 0.717) is 30.5 Å². The maximum atomic E-state index is 12.7. The molecule has 2 heterocycles. The van der Waals surface area contributed by atoms with Gasteiger partial charge in [0.05, 0.1) is 11.9 Å². The molecule has 1 aromatic heterocycles. The number of nitrogens with zero attached hydrogens (tertiary/aromatic N) is 3. The Morgan fingerprint density at radius 3 is 2.52 bits per heavy atom. The van der Waals surface area contributed by atoms with Gasteiger partial charge >= 0.3 is 6.03 Å². The van der Waals surface area contributed by atoms with Gasteiger partial charge in [-0.15, -0.1) is 0 Å². The minimum absolute atomic E-state index is 0.0566. The molecule has 0 atom stereocenters. The van der Waals surface area contributed by atoms with E-state index in [0.717, 1.165) is 31.7 Å². The van der Waals surface area contributed by atoms with Gasteiger partial charge in [-0.2, -0.15) is 0 Å². The molecule has 2 saturated carbocycles.